The van der Waals surface area contributed by atoms with Gasteiger partial charge >= 0.3 is 0 Å². The Balaban J connectivity index is 1.90. The summed E-state index contributed by atoms with van der Waals surface area (Å²) in [5.74, 6) is 0.227. The largest absolute Gasteiger partial charge is 0.338 e. The Morgan fingerprint density at radius 2 is 1.96 bits per heavy atom. The molecule has 1 heterocycles. The van der Waals surface area contributed by atoms with Crippen LogP contribution in [-0.2, 0) is 10.2 Å². The molecule has 0 spiro atoms. The van der Waals surface area contributed by atoms with Crippen molar-refractivity contribution < 1.29 is 9.32 Å². The minimum Gasteiger partial charge on any atom is -0.338 e. The molecule has 1 aromatic carbocycles. The maximum atomic E-state index is 12.1. The molecule has 1 aromatic heterocycles. The second-order valence-corrected chi connectivity index (χ2v) is 7.68. The second-order valence-electron chi connectivity index (χ2n) is 6.77. The van der Waals surface area contributed by atoms with Gasteiger partial charge in [0.1, 0.15) is 0 Å². The fourth-order valence-corrected chi connectivity index (χ4v) is 2.54. The van der Waals surface area contributed by atoms with E-state index in [0.29, 0.717) is 5.88 Å². The number of carbonyl (C=O) groups excluding carboxylic acids is 1. The minimum atomic E-state index is -0.151. The van der Waals surface area contributed by atoms with Gasteiger partial charge in [-0.25, -0.2) is 0 Å². The predicted molar refractivity (Wildman–Crippen MR) is 99.0 cm³/mol. The summed E-state index contributed by atoms with van der Waals surface area (Å²) in [4.78, 5) is 12.1. The number of amides is 1. The zero-order valence-electron chi connectivity index (χ0n) is 14.5. The van der Waals surface area contributed by atoms with Crippen LogP contribution in [0.3, 0.4) is 0 Å². The maximum absolute atomic E-state index is 12.1. The SMILES string of the molecule is CC[C@@H](NCC(=O)Nc1cc(C(C)(C)C)no1)c1ccc(Br)cc1. The lowest BCUT2D eigenvalue weighted by Gasteiger charge is -2.17. The number of benzene rings is 1. The van der Waals surface area contributed by atoms with Crippen LogP contribution < -0.4 is 10.6 Å². The van der Waals surface area contributed by atoms with Crippen molar-refractivity contribution in [2.45, 2.75) is 45.6 Å². The molecule has 2 N–H and O–H groups in total. The summed E-state index contributed by atoms with van der Waals surface area (Å²) in [5.41, 5.74) is 1.86. The Morgan fingerprint density at radius 3 is 2.50 bits per heavy atom. The highest BCUT2D eigenvalue weighted by atomic mass is 79.9. The molecule has 130 valence electrons. The van der Waals surface area contributed by atoms with Crippen LogP contribution in [0.2, 0.25) is 0 Å². The van der Waals surface area contributed by atoms with Crippen molar-refractivity contribution >= 4 is 27.7 Å². The molecule has 0 fully saturated rings. The fraction of sp³-hybridized carbons (Fsp3) is 0.444. The number of rotatable bonds is 6. The van der Waals surface area contributed by atoms with Crippen molar-refractivity contribution in [3.63, 3.8) is 0 Å². The van der Waals surface area contributed by atoms with Crippen molar-refractivity contribution in [3.8, 4) is 0 Å². The van der Waals surface area contributed by atoms with Crippen molar-refractivity contribution in [1.82, 2.24) is 10.5 Å². The van der Waals surface area contributed by atoms with Crippen molar-refractivity contribution in [3.05, 3.63) is 46.1 Å². The number of aromatic nitrogens is 1. The first-order valence-corrected chi connectivity index (χ1v) is 8.84. The number of hydrogen-bond donors (Lipinski definition) is 2. The van der Waals surface area contributed by atoms with Crippen LogP contribution in [0.4, 0.5) is 5.88 Å². The monoisotopic (exact) mass is 393 g/mol. The van der Waals surface area contributed by atoms with Gasteiger partial charge in [0.25, 0.3) is 0 Å². The molecule has 0 aliphatic carbocycles. The van der Waals surface area contributed by atoms with Gasteiger partial charge in [-0.05, 0) is 24.1 Å². The molecule has 0 unspecified atom stereocenters. The molecule has 2 aromatic rings. The Bertz CT molecular complexity index is 674. The van der Waals surface area contributed by atoms with Crippen LogP contribution in [0.15, 0.2) is 39.3 Å². The molecule has 1 atom stereocenters. The van der Waals surface area contributed by atoms with Gasteiger partial charge < -0.3 is 9.84 Å². The quantitative estimate of drug-likeness (QED) is 0.762. The van der Waals surface area contributed by atoms with Gasteiger partial charge in [0.15, 0.2) is 0 Å². The molecule has 0 saturated heterocycles. The fourth-order valence-electron chi connectivity index (χ4n) is 2.28. The van der Waals surface area contributed by atoms with Crippen LogP contribution in [0.25, 0.3) is 0 Å². The van der Waals surface area contributed by atoms with Crippen LogP contribution in [0.5, 0.6) is 0 Å². The third kappa shape index (κ3) is 5.18. The van der Waals surface area contributed by atoms with E-state index in [1.165, 1.54) is 0 Å². The Labute approximate surface area is 151 Å². The van der Waals surface area contributed by atoms with Crippen LogP contribution in [-0.4, -0.2) is 17.6 Å². The normalized spacial score (nSPS) is 12.9. The molecule has 1 amide bonds. The molecule has 0 saturated carbocycles. The number of halogens is 1. The molecule has 2 rings (SSSR count). The number of carbonyl (C=O) groups is 1. The van der Waals surface area contributed by atoms with E-state index in [1.807, 2.05) is 32.9 Å². The van der Waals surface area contributed by atoms with Crippen molar-refractivity contribution in [1.29, 1.82) is 0 Å². The summed E-state index contributed by atoms with van der Waals surface area (Å²) in [5, 5.41) is 10.0. The van der Waals surface area contributed by atoms with Gasteiger partial charge in [0.2, 0.25) is 11.8 Å². The van der Waals surface area contributed by atoms with E-state index in [2.05, 4.69) is 50.8 Å². The first-order chi connectivity index (χ1) is 11.3. The molecule has 24 heavy (non-hydrogen) atoms. The Kier molecular flexibility index (Phi) is 6.18. The van der Waals surface area contributed by atoms with E-state index in [4.69, 9.17) is 4.52 Å². The predicted octanol–water partition coefficient (Wildman–Crippen LogP) is 4.41. The summed E-state index contributed by atoms with van der Waals surface area (Å²) in [6, 6.07) is 10.0. The van der Waals surface area contributed by atoms with Gasteiger partial charge in [-0.1, -0.05) is 60.9 Å². The first kappa shape index (κ1) is 18.7. The zero-order chi connectivity index (χ0) is 17.7. The van der Waals surface area contributed by atoms with E-state index in [9.17, 15) is 4.79 Å². The molecule has 0 radical (unpaired) electrons. The van der Waals surface area contributed by atoms with Crippen LogP contribution in [0.1, 0.15) is 51.4 Å². The molecule has 5 nitrogen and oxygen atoms in total. The van der Waals surface area contributed by atoms with E-state index in [-0.39, 0.29) is 23.9 Å². The van der Waals surface area contributed by atoms with Gasteiger partial charge in [-0.15, -0.1) is 0 Å². The van der Waals surface area contributed by atoms with E-state index in [0.717, 1.165) is 22.2 Å². The van der Waals surface area contributed by atoms with Gasteiger partial charge in [0, 0.05) is 22.0 Å². The van der Waals surface area contributed by atoms with Gasteiger partial charge in [0.05, 0.1) is 12.2 Å². The molecule has 0 aliphatic heterocycles. The summed E-state index contributed by atoms with van der Waals surface area (Å²) in [6.45, 7) is 8.43. The highest BCUT2D eigenvalue weighted by Crippen LogP contribution is 2.23. The third-order valence-corrected chi connectivity index (χ3v) is 4.26. The van der Waals surface area contributed by atoms with Gasteiger partial charge in [-0.2, -0.15) is 0 Å². The average Bonchev–Trinajstić information content (AvgIpc) is 2.98. The maximum Gasteiger partial charge on any atom is 0.240 e. The standard InChI is InChI=1S/C18H24BrN3O2/c1-5-14(12-6-8-13(19)9-7-12)20-11-16(23)21-17-10-15(22-24-17)18(2,3)4/h6-10,14,20H,5,11H2,1-4H3,(H,21,23)/t14-/m1/s1. The van der Waals surface area contributed by atoms with E-state index in [1.54, 1.807) is 6.07 Å². The summed E-state index contributed by atoms with van der Waals surface area (Å²) < 4.78 is 6.22. The van der Waals surface area contributed by atoms with E-state index >= 15 is 0 Å². The van der Waals surface area contributed by atoms with Crippen LogP contribution >= 0.6 is 15.9 Å². The average molecular weight is 394 g/mol. The number of nitrogens with one attached hydrogen (secondary N) is 2. The lowest BCUT2D eigenvalue weighted by atomic mass is 9.92. The Morgan fingerprint density at radius 1 is 1.29 bits per heavy atom. The third-order valence-electron chi connectivity index (χ3n) is 3.73. The smallest absolute Gasteiger partial charge is 0.240 e. The molecular weight excluding hydrogens is 370 g/mol. The highest BCUT2D eigenvalue weighted by molar-refractivity contribution is 9.10. The number of hydrogen-bond acceptors (Lipinski definition) is 4. The van der Waals surface area contributed by atoms with E-state index < -0.39 is 0 Å². The van der Waals surface area contributed by atoms with Gasteiger partial charge in [-0.3, -0.25) is 10.1 Å². The zero-order valence-corrected chi connectivity index (χ0v) is 16.1. The number of anilines is 1. The lowest BCUT2D eigenvalue weighted by molar-refractivity contribution is -0.115. The summed E-state index contributed by atoms with van der Waals surface area (Å²) in [6.07, 6.45) is 0.894. The van der Waals surface area contributed by atoms with Crippen LogP contribution in [0, 0.1) is 0 Å². The number of nitrogens with zero attached hydrogens (tertiary/aromatic N) is 1. The molecule has 6 heteroatoms. The lowest BCUT2D eigenvalue weighted by Crippen LogP contribution is -2.31. The molecular formula is C18H24BrN3O2. The Hall–Kier alpha value is -1.66. The molecule has 0 aliphatic rings. The molecule has 0 bridgehead atoms. The first-order valence-electron chi connectivity index (χ1n) is 8.05. The summed E-state index contributed by atoms with van der Waals surface area (Å²) >= 11 is 3.43. The highest BCUT2D eigenvalue weighted by Gasteiger charge is 2.20. The topological polar surface area (TPSA) is 67.2 Å². The second kappa shape index (κ2) is 7.94. The summed E-state index contributed by atoms with van der Waals surface area (Å²) in [7, 11) is 0. The minimum absolute atomic E-state index is 0.111. The van der Waals surface area contributed by atoms with Crippen molar-refractivity contribution in [2.75, 3.05) is 11.9 Å². The van der Waals surface area contributed by atoms with Crippen molar-refractivity contribution in [2.24, 2.45) is 0 Å².